The van der Waals surface area contributed by atoms with Crippen molar-refractivity contribution in [2.24, 2.45) is 11.8 Å². The summed E-state index contributed by atoms with van der Waals surface area (Å²) in [6.45, 7) is 8.92. The molecule has 2 heterocycles. The van der Waals surface area contributed by atoms with Crippen LogP contribution in [-0.2, 0) is 0 Å². The maximum Gasteiger partial charge on any atom is 0.261 e. The van der Waals surface area contributed by atoms with E-state index in [1.54, 1.807) is 24.3 Å². The molecular weight excluding hydrogens is 787 g/mol. The Morgan fingerprint density at radius 3 is 1.19 bits per heavy atom. The van der Waals surface area contributed by atoms with E-state index >= 15 is 0 Å². The molecule has 8 nitrogen and oxygen atoms in total. The molecule has 0 saturated carbocycles. The zero-order chi connectivity index (χ0) is 43.4. The first kappa shape index (κ1) is 41.0. The number of rotatable bonds is 16. The van der Waals surface area contributed by atoms with E-state index in [4.69, 9.17) is 9.47 Å². The van der Waals surface area contributed by atoms with Gasteiger partial charge in [-0.3, -0.25) is 29.0 Å². The third kappa shape index (κ3) is 6.80. The number of imide groups is 2. The number of unbranched alkanes of at least 4 members (excludes halogenated alkanes) is 2. The standard InChI is InChI=1S/C52H48F2N2O6/c1-5-9-11-29(7-3)27-55-49(57)37-23-21-35-46-42(62-34-19-15-32(54)16-20-34)26-40-44-38(50(58)56(52(40)60)28-30(8-4)12-10-6-2)24-22-36(48(44)46)45-41(61-33-17-13-31(53)14-18-33)25-39(51(55)59)43(37)47(35)45/h13-26,29-30H,5-12,27-28H2,1-4H3. The molecule has 0 aliphatic carbocycles. The van der Waals surface area contributed by atoms with E-state index in [0.29, 0.717) is 65.7 Å². The van der Waals surface area contributed by atoms with Crippen LogP contribution in [0.2, 0.25) is 0 Å². The lowest BCUT2D eigenvalue weighted by Crippen LogP contribution is -2.43. The highest BCUT2D eigenvalue weighted by molar-refractivity contribution is 6.43. The Bertz CT molecular complexity index is 2730. The van der Waals surface area contributed by atoms with Crippen molar-refractivity contribution in [2.45, 2.75) is 79.1 Å². The largest absolute Gasteiger partial charge is 0.457 e. The zero-order valence-corrected chi connectivity index (χ0v) is 35.4. The number of fused-ring (bicyclic) bond motifs is 2. The van der Waals surface area contributed by atoms with Crippen LogP contribution in [0.3, 0.4) is 0 Å². The SMILES string of the molecule is CCCCC(CC)CN1C(=O)c2ccc3c4c(Oc5ccc(F)cc5)cc5c6c(ccc(c7c(Oc8ccc(F)cc8)cc(c2c37)C1=O)c64)C(=O)N(CC(CC)CCCC)C5=O. The summed E-state index contributed by atoms with van der Waals surface area (Å²) < 4.78 is 41.7. The third-order valence-corrected chi connectivity index (χ3v) is 13.0. The van der Waals surface area contributed by atoms with Gasteiger partial charge in [0.1, 0.15) is 34.6 Å². The minimum absolute atomic E-state index is 0.121. The fraction of sp³-hybridized carbons (Fsp3) is 0.308. The van der Waals surface area contributed by atoms with Crippen molar-refractivity contribution < 1.29 is 37.4 Å². The molecule has 7 aromatic rings. The maximum absolute atomic E-state index is 14.7. The molecule has 62 heavy (non-hydrogen) atoms. The Kier molecular flexibility index (Phi) is 10.9. The molecule has 0 bridgehead atoms. The van der Waals surface area contributed by atoms with E-state index in [2.05, 4.69) is 27.7 Å². The Balaban J connectivity index is 1.35. The monoisotopic (exact) mass is 834 g/mol. The lowest BCUT2D eigenvalue weighted by Gasteiger charge is -2.33. The van der Waals surface area contributed by atoms with Gasteiger partial charge in [-0.1, -0.05) is 78.4 Å². The first-order valence-electron chi connectivity index (χ1n) is 21.9. The average Bonchev–Trinajstić information content (AvgIpc) is 3.28. The van der Waals surface area contributed by atoms with Gasteiger partial charge in [0, 0.05) is 56.5 Å². The normalized spacial score (nSPS) is 14.9. The lowest BCUT2D eigenvalue weighted by atomic mass is 9.81. The minimum Gasteiger partial charge on any atom is -0.457 e. The molecule has 0 aromatic heterocycles. The summed E-state index contributed by atoms with van der Waals surface area (Å²) in [5, 5.41) is 4.32. The Morgan fingerprint density at radius 1 is 0.468 bits per heavy atom. The van der Waals surface area contributed by atoms with Crippen LogP contribution in [0, 0.1) is 23.5 Å². The maximum atomic E-state index is 14.7. The average molecular weight is 835 g/mol. The van der Waals surface area contributed by atoms with Gasteiger partial charge in [-0.05, 0) is 108 Å². The molecule has 2 aliphatic heterocycles. The van der Waals surface area contributed by atoms with Gasteiger partial charge in [-0.2, -0.15) is 0 Å². The van der Waals surface area contributed by atoms with Crippen molar-refractivity contribution in [1.82, 2.24) is 9.80 Å². The number of halogens is 2. The summed E-state index contributed by atoms with van der Waals surface area (Å²) in [4.78, 5) is 61.3. The van der Waals surface area contributed by atoms with E-state index < -0.39 is 23.4 Å². The van der Waals surface area contributed by atoms with Crippen LogP contribution < -0.4 is 9.47 Å². The summed E-state index contributed by atoms with van der Waals surface area (Å²) in [6.07, 6.45) is 7.33. The van der Waals surface area contributed by atoms with E-state index in [0.717, 1.165) is 51.4 Å². The fourth-order valence-corrected chi connectivity index (χ4v) is 9.60. The summed E-state index contributed by atoms with van der Waals surface area (Å²) >= 11 is 0. The number of carbonyl (C=O) groups excluding carboxylic acids is 4. The van der Waals surface area contributed by atoms with Crippen molar-refractivity contribution in [2.75, 3.05) is 13.1 Å². The van der Waals surface area contributed by atoms with Crippen molar-refractivity contribution in [1.29, 1.82) is 0 Å². The highest BCUT2D eigenvalue weighted by Gasteiger charge is 2.40. The van der Waals surface area contributed by atoms with E-state index in [9.17, 15) is 28.0 Å². The Hall–Kier alpha value is -6.42. The molecule has 2 atom stereocenters. The van der Waals surface area contributed by atoms with Gasteiger partial charge >= 0.3 is 0 Å². The van der Waals surface area contributed by atoms with E-state index in [-0.39, 0.29) is 59.4 Å². The van der Waals surface area contributed by atoms with Crippen LogP contribution >= 0.6 is 0 Å². The number of amides is 4. The van der Waals surface area contributed by atoms with Gasteiger partial charge < -0.3 is 9.47 Å². The van der Waals surface area contributed by atoms with Gasteiger partial charge in [-0.15, -0.1) is 0 Å². The van der Waals surface area contributed by atoms with Crippen LogP contribution in [0.25, 0.3) is 43.1 Å². The molecule has 9 rings (SSSR count). The molecule has 316 valence electrons. The van der Waals surface area contributed by atoms with Gasteiger partial charge in [0.15, 0.2) is 0 Å². The first-order chi connectivity index (χ1) is 30.1. The number of carbonyl (C=O) groups is 4. The van der Waals surface area contributed by atoms with Crippen molar-refractivity contribution in [3.05, 3.63) is 119 Å². The molecule has 0 N–H and O–H groups in total. The predicted octanol–water partition coefficient (Wildman–Crippen LogP) is 13.2. The lowest BCUT2D eigenvalue weighted by molar-refractivity contribution is 0.0565. The van der Waals surface area contributed by atoms with Crippen molar-refractivity contribution in [3.63, 3.8) is 0 Å². The molecule has 2 aliphatic rings. The summed E-state index contributed by atoms with van der Waals surface area (Å²) in [5.41, 5.74) is 1.30. The van der Waals surface area contributed by atoms with Crippen LogP contribution in [0.5, 0.6) is 23.0 Å². The first-order valence-corrected chi connectivity index (χ1v) is 21.9. The Morgan fingerprint density at radius 2 is 0.839 bits per heavy atom. The zero-order valence-electron chi connectivity index (χ0n) is 35.4. The van der Waals surface area contributed by atoms with E-state index in [1.807, 2.05) is 12.1 Å². The minimum atomic E-state index is -0.446. The second-order valence-corrected chi connectivity index (χ2v) is 16.8. The van der Waals surface area contributed by atoms with Gasteiger partial charge in [0.25, 0.3) is 23.6 Å². The van der Waals surface area contributed by atoms with Crippen molar-refractivity contribution in [3.8, 4) is 23.0 Å². The van der Waals surface area contributed by atoms with E-state index in [1.165, 1.54) is 58.3 Å². The quantitative estimate of drug-likeness (QED) is 0.0547. The number of nitrogens with zero attached hydrogens (tertiary/aromatic N) is 2. The molecular formula is C52H48F2N2O6. The van der Waals surface area contributed by atoms with Gasteiger partial charge in [-0.25, -0.2) is 8.78 Å². The molecule has 2 unspecified atom stereocenters. The number of benzene rings is 7. The molecule has 7 aromatic carbocycles. The van der Waals surface area contributed by atoms with Crippen LogP contribution in [0.15, 0.2) is 84.9 Å². The fourth-order valence-electron chi connectivity index (χ4n) is 9.60. The van der Waals surface area contributed by atoms with Gasteiger partial charge in [0.2, 0.25) is 0 Å². The van der Waals surface area contributed by atoms with Crippen LogP contribution in [0.1, 0.15) is 120 Å². The topological polar surface area (TPSA) is 93.2 Å². The smallest absolute Gasteiger partial charge is 0.261 e. The second-order valence-electron chi connectivity index (χ2n) is 16.8. The number of hydrogen-bond donors (Lipinski definition) is 0. The van der Waals surface area contributed by atoms with Crippen LogP contribution in [0.4, 0.5) is 8.78 Å². The summed E-state index contributed by atoms with van der Waals surface area (Å²) in [6, 6.07) is 21.6. The highest BCUT2D eigenvalue weighted by atomic mass is 19.1. The number of ether oxygens (including phenoxy) is 2. The predicted molar refractivity (Wildman–Crippen MR) is 238 cm³/mol. The highest BCUT2D eigenvalue weighted by Crippen LogP contribution is 2.53. The third-order valence-electron chi connectivity index (χ3n) is 13.0. The van der Waals surface area contributed by atoms with Gasteiger partial charge in [0.05, 0.1) is 11.1 Å². The molecule has 10 heteroatoms. The van der Waals surface area contributed by atoms with Crippen molar-refractivity contribution >= 4 is 66.7 Å². The molecule has 0 spiro atoms. The summed E-state index contributed by atoms with van der Waals surface area (Å²) in [7, 11) is 0. The molecule has 0 radical (unpaired) electrons. The van der Waals surface area contributed by atoms with Crippen LogP contribution in [-0.4, -0.2) is 46.5 Å². The molecule has 0 fully saturated rings. The molecule has 4 amide bonds. The molecule has 0 saturated heterocycles. The number of hydrogen-bond acceptors (Lipinski definition) is 6. The second kappa shape index (κ2) is 16.5. The summed E-state index contributed by atoms with van der Waals surface area (Å²) in [5.74, 6) is -1.11. The Labute approximate surface area is 358 Å².